The minimum atomic E-state index is -3.83. The largest absolute Gasteiger partial charge is 0.322 e. The summed E-state index contributed by atoms with van der Waals surface area (Å²) >= 11 is 0. The van der Waals surface area contributed by atoms with Gasteiger partial charge in [-0.25, -0.2) is 16.8 Å². The molecule has 0 aliphatic carbocycles. The molecule has 190 valence electrons. The second kappa shape index (κ2) is 10.0. The van der Waals surface area contributed by atoms with E-state index in [4.69, 9.17) is 0 Å². The van der Waals surface area contributed by atoms with Crippen LogP contribution in [0.2, 0.25) is 0 Å². The number of para-hydroxylation sites is 1. The highest BCUT2D eigenvalue weighted by Crippen LogP contribution is 2.26. The average Bonchev–Trinajstić information content (AvgIpc) is 3.38. The van der Waals surface area contributed by atoms with E-state index in [2.05, 4.69) is 10.0 Å². The molecule has 1 fully saturated rings. The fourth-order valence-corrected chi connectivity index (χ4v) is 6.92. The Morgan fingerprint density at radius 2 is 1.36 bits per heavy atom. The van der Waals surface area contributed by atoms with Crippen molar-refractivity contribution in [2.75, 3.05) is 23.1 Å². The smallest absolute Gasteiger partial charge is 0.261 e. The number of carbonyl (C=O) groups excluding carboxylic acids is 1. The minimum absolute atomic E-state index is 0.0537. The van der Waals surface area contributed by atoms with Crippen LogP contribution in [-0.4, -0.2) is 40.1 Å². The number of anilines is 2. The predicted octanol–water partition coefficient (Wildman–Crippen LogP) is 4.45. The highest BCUT2D eigenvalue weighted by atomic mass is 32.2. The van der Waals surface area contributed by atoms with Gasteiger partial charge in [0, 0.05) is 24.3 Å². The number of sulfonamides is 2. The number of aryl methyl sites for hydroxylation is 3. The van der Waals surface area contributed by atoms with Crippen LogP contribution in [0.1, 0.15) is 39.9 Å². The Kier molecular flexibility index (Phi) is 7.21. The molecule has 1 saturated heterocycles. The third kappa shape index (κ3) is 5.30. The van der Waals surface area contributed by atoms with Crippen LogP contribution in [0, 0.1) is 20.8 Å². The van der Waals surface area contributed by atoms with Crippen molar-refractivity contribution in [3.8, 4) is 0 Å². The van der Waals surface area contributed by atoms with Crippen LogP contribution >= 0.6 is 0 Å². The molecule has 2 N–H and O–H groups in total. The Morgan fingerprint density at radius 1 is 0.778 bits per heavy atom. The van der Waals surface area contributed by atoms with E-state index in [1.54, 1.807) is 13.0 Å². The molecule has 1 amide bonds. The lowest BCUT2D eigenvalue weighted by atomic mass is 10.1. The molecule has 3 aromatic carbocycles. The summed E-state index contributed by atoms with van der Waals surface area (Å²) < 4.78 is 55.7. The van der Waals surface area contributed by atoms with Gasteiger partial charge in [-0.15, -0.1) is 0 Å². The van der Waals surface area contributed by atoms with Gasteiger partial charge in [-0.1, -0.05) is 24.3 Å². The maximum Gasteiger partial charge on any atom is 0.261 e. The van der Waals surface area contributed by atoms with Crippen LogP contribution in [-0.2, 0) is 20.0 Å². The van der Waals surface area contributed by atoms with Crippen molar-refractivity contribution in [3.63, 3.8) is 0 Å². The van der Waals surface area contributed by atoms with Crippen molar-refractivity contribution in [2.45, 2.75) is 43.4 Å². The lowest BCUT2D eigenvalue weighted by Gasteiger charge is -2.17. The van der Waals surface area contributed by atoms with Crippen molar-refractivity contribution in [2.24, 2.45) is 0 Å². The first-order valence-corrected chi connectivity index (χ1v) is 14.5. The van der Waals surface area contributed by atoms with Crippen LogP contribution in [0.3, 0.4) is 0 Å². The number of hydrogen-bond acceptors (Lipinski definition) is 5. The zero-order chi connectivity index (χ0) is 26.1. The maximum absolute atomic E-state index is 13.0. The number of hydrogen-bond donors (Lipinski definition) is 2. The number of carbonyl (C=O) groups is 1. The van der Waals surface area contributed by atoms with E-state index in [0.717, 1.165) is 24.0 Å². The lowest BCUT2D eigenvalue weighted by Crippen LogP contribution is -2.28. The fourth-order valence-electron chi connectivity index (χ4n) is 4.17. The molecule has 0 atom stereocenters. The van der Waals surface area contributed by atoms with Crippen LogP contribution in [0.5, 0.6) is 0 Å². The molecule has 1 aliphatic rings. The van der Waals surface area contributed by atoms with E-state index >= 15 is 0 Å². The van der Waals surface area contributed by atoms with E-state index < -0.39 is 26.0 Å². The summed E-state index contributed by atoms with van der Waals surface area (Å²) in [5.74, 6) is -0.477. The van der Waals surface area contributed by atoms with Gasteiger partial charge in [-0.05, 0) is 86.7 Å². The molecule has 1 aliphatic heterocycles. The average molecular weight is 528 g/mol. The highest BCUT2D eigenvalue weighted by Gasteiger charge is 2.28. The molecule has 0 bridgehead atoms. The van der Waals surface area contributed by atoms with Gasteiger partial charge in [0.15, 0.2) is 0 Å². The predicted molar refractivity (Wildman–Crippen MR) is 140 cm³/mol. The normalized spacial score (nSPS) is 14.5. The van der Waals surface area contributed by atoms with Crippen molar-refractivity contribution in [3.05, 3.63) is 82.9 Å². The van der Waals surface area contributed by atoms with Crippen molar-refractivity contribution in [1.29, 1.82) is 0 Å². The molecule has 8 nitrogen and oxygen atoms in total. The van der Waals surface area contributed by atoms with E-state index in [9.17, 15) is 21.6 Å². The molecule has 0 unspecified atom stereocenters. The maximum atomic E-state index is 13.0. The standard InChI is InChI=1S/C26H29N3O5S2/c1-18-9-12-23(36(33,34)29-15-4-5-16-29)17-24(18)26(30)27-21-10-13-22(14-11-21)35(31,32)28-25-19(2)7-6-8-20(25)3/h6-14,17,28H,4-5,15-16H2,1-3H3,(H,27,30). The van der Waals surface area contributed by atoms with Crippen LogP contribution in [0.15, 0.2) is 70.5 Å². The first-order valence-electron chi connectivity index (χ1n) is 11.6. The summed E-state index contributed by atoms with van der Waals surface area (Å²) in [6.07, 6.45) is 1.65. The van der Waals surface area contributed by atoms with E-state index in [1.165, 1.54) is 40.7 Å². The minimum Gasteiger partial charge on any atom is -0.322 e. The summed E-state index contributed by atoms with van der Waals surface area (Å²) in [6.45, 7) is 6.35. The fraction of sp³-hybridized carbons (Fsp3) is 0.269. The molecular formula is C26H29N3O5S2. The summed E-state index contributed by atoms with van der Waals surface area (Å²) in [7, 11) is -7.49. The van der Waals surface area contributed by atoms with Gasteiger partial charge in [0.25, 0.3) is 15.9 Å². The second-order valence-electron chi connectivity index (χ2n) is 8.94. The Hall–Kier alpha value is -3.21. The number of amides is 1. The quantitative estimate of drug-likeness (QED) is 0.471. The third-order valence-corrected chi connectivity index (χ3v) is 9.56. The SMILES string of the molecule is Cc1ccc(S(=O)(=O)N2CCCC2)cc1C(=O)Nc1ccc(S(=O)(=O)Nc2c(C)cccc2C)cc1. The molecule has 36 heavy (non-hydrogen) atoms. The van der Waals surface area contributed by atoms with Crippen LogP contribution in [0.4, 0.5) is 11.4 Å². The third-order valence-electron chi connectivity index (χ3n) is 6.30. The number of nitrogens with zero attached hydrogens (tertiary/aromatic N) is 1. The molecule has 10 heteroatoms. The van der Waals surface area contributed by atoms with E-state index in [0.29, 0.717) is 30.0 Å². The van der Waals surface area contributed by atoms with Gasteiger partial charge in [0.2, 0.25) is 10.0 Å². The van der Waals surface area contributed by atoms with Crippen LogP contribution in [0.25, 0.3) is 0 Å². The van der Waals surface area contributed by atoms with E-state index in [1.807, 2.05) is 32.0 Å². The Morgan fingerprint density at radius 3 is 1.97 bits per heavy atom. The van der Waals surface area contributed by atoms with Crippen molar-refractivity contribution in [1.82, 2.24) is 4.31 Å². The zero-order valence-corrected chi connectivity index (χ0v) is 22.0. The summed E-state index contributed by atoms with van der Waals surface area (Å²) in [4.78, 5) is 13.1. The molecule has 4 rings (SSSR count). The van der Waals surface area contributed by atoms with Crippen LogP contribution < -0.4 is 10.0 Å². The Labute approximate surface area is 212 Å². The summed E-state index contributed by atoms with van der Waals surface area (Å²) in [5.41, 5.74) is 3.42. The molecule has 0 radical (unpaired) electrons. The van der Waals surface area contributed by atoms with E-state index in [-0.39, 0.29) is 15.4 Å². The molecule has 1 heterocycles. The Bertz CT molecular complexity index is 1490. The summed E-state index contributed by atoms with van der Waals surface area (Å²) in [6, 6.07) is 15.9. The van der Waals surface area contributed by atoms with Gasteiger partial charge in [-0.2, -0.15) is 4.31 Å². The molecule has 3 aromatic rings. The zero-order valence-electron chi connectivity index (χ0n) is 20.4. The van der Waals surface area contributed by atoms with Gasteiger partial charge in [0.05, 0.1) is 15.5 Å². The summed E-state index contributed by atoms with van der Waals surface area (Å²) in [5, 5.41) is 2.73. The highest BCUT2D eigenvalue weighted by molar-refractivity contribution is 7.92. The number of nitrogens with one attached hydrogen (secondary N) is 2. The molecule has 0 spiro atoms. The molecular weight excluding hydrogens is 498 g/mol. The topological polar surface area (TPSA) is 113 Å². The number of rotatable bonds is 7. The Balaban J connectivity index is 1.52. The van der Waals surface area contributed by atoms with Crippen molar-refractivity contribution >= 4 is 37.3 Å². The number of benzene rings is 3. The van der Waals surface area contributed by atoms with Crippen molar-refractivity contribution < 1.29 is 21.6 Å². The lowest BCUT2D eigenvalue weighted by molar-refractivity contribution is 0.102. The monoisotopic (exact) mass is 527 g/mol. The molecule has 0 saturated carbocycles. The van der Waals surface area contributed by atoms with Gasteiger partial charge in [0.1, 0.15) is 0 Å². The van der Waals surface area contributed by atoms with Gasteiger partial charge >= 0.3 is 0 Å². The van der Waals surface area contributed by atoms with Gasteiger partial charge in [-0.3, -0.25) is 9.52 Å². The first-order chi connectivity index (χ1) is 17.0. The first kappa shape index (κ1) is 25.9. The molecule has 0 aromatic heterocycles. The van der Waals surface area contributed by atoms with Gasteiger partial charge < -0.3 is 5.32 Å². The second-order valence-corrected chi connectivity index (χ2v) is 12.6.